The van der Waals surface area contributed by atoms with Crippen LogP contribution in [0.2, 0.25) is 0 Å². The van der Waals surface area contributed by atoms with Gasteiger partial charge in [-0.15, -0.1) is 0 Å². The number of carbonyl (C=O) groups excluding carboxylic acids is 1. The fraction of sp³-hybridized carbons (Fsp3) is 0.588. The molecule has 1 aromatic rings. The number of ether oxygens (including phenoxy) is 1. The Balaban J connectivity index is 2.60. The van der Waals surface area contributed by atoms with Gasteiger partial charge in [0.25, 0.3) is 5.91 Å². The van der Waals surface area contributed by atoms with Crippen molar-refractivity contribution in [3.05, 3.63) is 29.8 Å². The molecule has 0 fully saturated rings. The van der Waals surface area contributed by atoms with Crippen molar-refractivity contribution in [3.63, 3.8) is 0 Å². The lowest BCUT2D eigenvalue weighted by atomic mass is 10.1. The first-order chi connectivity index (χ1) is 10.0. The SMILES string of the molecule is CCN(CC)C(=O)C(C)Oc1ccc(CC(C)NC)cc1. The molecule has 1 N–H and O–H groups in total. The van der Waals surface area contributed by atoms with E-state index in [0.29, 0.717) is 19.1 Å². The lowest BCUT2D eigenvalue weighted by Gasteiger charge is -2.23. The van der Waals surface area contributed by atoms with Crippen LogP contribution in [0.25, 0.3) is 0 Å². The molecule has 0 aliphatic rings. The predicted octanol–water partition coefficient (Wildman–Crippen LogP) is 2.47. The Morgan fingerprint density at radius 1 is 1.19 bits per heavy atom. The standard InChI is InChI=1S/C17H28N2O2/c1-6-19(7-2)17(20)14(4)21-16-10-8-15(9-11-16)12-13(3)18-5/h8-11,13-14,18H,6-7,12H2,1-5H3. The number of carbonyl (C=O) groups is 1. The summed E-state index contributed by atoms with van der Waals surface area (Å²) in [5.41, 5.74) is 1.26. The first-order valence-electron chi connectivity index (χ1n) is 7.73. The zero-order valence-electron chi connectivity index (χ0n) is 13.8. The van der Waals surface area contributed by atoms with Crippen molar-refractivity contribution in [2.45, 2.75) is 46.3 Å². The van der Waals surface area contributed by atoms with Crippen molar-refractivity contribution in [1.29, 1.82) is 0 Å². The number of hydrogen-bond acceptors (Lipinski definition) is 3. The molecule has 4 heteroatoms. The fourth-order valence-electron chi connectivity index (χ4n) is 2.21. The van der Waals surface area contributed by atoms with E-state index in [1.807, 2.05) is 33.0 Å². The molecule has 4 nitrogen and oxygen atoms in total. The number of nitrogens with one attached hydrogen (secondary N) is 1. The molecule has 0 bridgehead atoms. The second-order valence-corrected chi connectivity index (χ2v) is 5.31. The van der Waals surface area contributed by atoms with Gasteiger partial charge in [0, 0.05) is 19.1 Å². The highest BCUT2D eigenvalue weighted by molar-refractivity contribution is 5.80. The van der Waals surface area contributed by atoms with Crippen molar-refractivity contribution in [2.24, 2.45) is 0 Å². The van der Waals surface area contributed by atoms with Crippen LogP contribution in [-0.2, 0) is 11.2 Å². The third kappa shape index (κ3) is 5.38. The topological polar surface area (TPSA) is 41.6 Å². The number of benzene rings is 1. The summed E-state index contributed by atoms with van der Waals surface area (Å²) < 4.78 is 5.74. The first-order valence-corrected chi connectivity index (χ1v) is 7.73. The van der Waals surface area contributed by atoms with E-state index in [1.54, 1.807) is 11.8 Å². The van der Waals surface area contributed by atoms with E-state index in [-0.39, 0.29) is 5.91 Å². The largest absolute Gasteiger partial charge is 0.481 e. The molecule has 1 amide bonds. The summed E-state index contributed by atoms with van der Waals surface area (Å²) >= 11 is 0. The zero-order valence-corrected chi connectivity index (χ0v) is 13.8. The number of likely N-dealkylation sites (N-methyl/N-ethyl adjacent to an activating group) is 2. The van der Waals surface area contributed by atoms with Gasteiger partial charge in [0.2, 0.25) is 0 Å². The number of hydrogen-bond donors (Lipinski definition) is 1. The summed E-state index contributed by atoms with van der Waals surface area (Å²) in [6.45, 7) is 9.33. The van der Waals surface area contributed by atoms with Crippen molar-refractivity contribution < 1.29 is 9.53 Å². The molecule has 0 saturated carbocycles. The lowest BCUT2D eigenvalue weighted by Crippen LogP contribution is -2.40. The molecule has 1 aromatic carbocycles. The van der Waals surface area contributed by atoms with E-state index in [2.05, 4.69) is 24.4 Å². The van der Waals surface area contributed by atoms with E-state index < -0.39 is 6.10 Å². The molecule has 0 aliphatic heterocycles. The van der Waals surface area contributed by atoms with Crippen LogP contribution in [0.5, 0.6) is 5.75 Å². The number of amides is 1. The van der Waals surface area contributed by atoms with Crippen LogP contribution in [0, 0.1) is 0 Å². The Labute approximate surface area is 128 Å². The second-order valence-electron chi connectivity index (χ2n) is 5.31. The average molecular weight is 292 g/mol. The van der Waals surface area contributed by atoms with Crippen molar-refractivity contribution in [2.75, 3.05) is 20.1 Å². The molecule has 0 spiro atoms. The zero-order chi connectivity index (χ0) is 15.8. The highest BCUT2D eigenvalue weighted by Gasteiger charge is 2.19. The van der Waals surface area contributed by atoms with Crippen LogP contribution in [0.4, 0.5) is 0 Å². The van der Waals surface area contributed by atoms with Gasteiger partial charge >= 0.3 is 0 Å². The minimum absolute atomic E-state index is 0.0351. The second kappa shape index (κ2) is 8.67. The molecule has 2 unspecified atom stereocenters. The summed E-state index contributed by atoms with van der Waals surface area (Å²) in [4.78, 5) is 13.9. The molecular weight excluding hydrogens is 264 g/mol. The van der Waals surface area contributed by atoms with E-state index in [4.69, 9.17) is 4.74 Å². The smallest absolute Gasteiger partial charge is 0.263 e. The Bertz CT molecular complexity index is 427. The van der Waals surface area contributed by atoms with Crippen molar-refractivity contribution in [3.8, 4) is 5.75 Å². The summed E-state index contributed by atoms with van der Waals surface area (Å²) in [6.07, 6.45) is 0.525. The summed E-state index contributed by atoms with van der Waals surface area (Å²) in [5, 5.41) is 3.22. The quantitative estimate of drug-likeness (QED) is 0.800. The lowest BCUT2D eigenvalue weighted by molar-refractivity contribution is -0.137. The molecule has 0 radical (unpaired) electrons. The molecule has 0 aliphatic carbocycles. The average Bonchev–Trinajstić information content (AvgIpc) is 2.50. The predicted molar refractivity (Wildman–Crippen MR) is 86.7 cm³/mol. The van der Waals surface area contributed by atoms with Crippen molar-refractivity contribution >= 4 is 5.91 Å². The van der Waals surface area contributed by atoms with Gasteiger partial charge < -0.3 is 15.0 Å². The van der Waals surface area contributed by atoms with E-state index in [0.717, 1.165) is 12.2 Å². The molecule has 0 saturated heterocycles. The van der Waals surface area contributed by atoms with Crippen LogP contribution in [-0.4, -0.2) is 43.1 Å². The van der Waals surface area contributed by atoms with Gasteiger partial charge in [-0.05, 0) is 58.9 Å². The maximum atomic E-state index is 12.2. The van der Waals surface area contributed by atoms with Gasteiger partial charge in [0.05, 0.1) is 0 Å². The maximum Gasteiger partial charge on any atom is 0.263 e. The van der Waals surface area contributed by atoms with Crippen LogP contribution in [0.3, 0.4) is 0 Å². The van der Waals surface area contributed by atoms with Gasteiger partial charge in [-0.3, -0.25) is 4.79 Å². The van der Waals surface area contributed by atoms with E-state index >= 15 is 0 Å². The summed E-state index contributed by atoms with van der Waals surface area (Å²) in [7, 11) is 1.96. The van der Waals surface area contributed by atoms with Crippen LogP contribution < -0.4 is 10.1 Å². The van der Waals surface area contributed by atoms with Crippen molar-refractivity contribution in [1.82, 2.24) is 10.2 Å². The molecule has 2 atom stereocenters. The Morgan fingerprint density at radius 3 is 2.24 bits per heavy atom. The van der Waals surface area contributed by atoms with Gasteiger partial charge in [-0.2, -0.15) is 0 Å². The molecule has 0 heterocycles. The summed E-state index contributed by atoms with van der Waals surface area (Å²) in [5.74, 6) is 0.775. The van der Waals surface area contributed by atoms with Crippen LogP contribution in [0.1, 0.15) is 33.3 Å². The van der Waals surface area contributed by atoms with Crippen LogP contribution in [0.15, 0.2) is 24.3 Å². The molecule has 21 heavy (non-hydrogen) atoms. The Morgan fingerprint density at radius 2 is 1.76 bits per heavy atom. The van der Waals surface area contributed by atoms with Gasteiger partial charge in [-0.1, -0.05) is 12.1 Å². The van der Waals surface area contributed by atoms with Gasteiger partial charge in [-0.25, -0.2) is 0 Å². The Kier molecular flexibility index (Phi) is 7.23. The highest BCUT2D eigenvalue weighted by atomic mass is 16.5. The molecule has 1 rings (SSSR count). The minimum atomic E-state index is -0.452. The van der Waals surface area contributed by atoms with Gasteiger partial charge in [0.15, 0.2) is 6.10 Å². The summed E-state index contributed by atoms with van der Waals surface area (Å²) in [6, 6.07) is 8.42. The van der Waals surface area contributed by atoms with Gasteiger partial charge in [0.1, 0.15) is 5.75 Å². The van der Waals surface area contributed by atoms with Crippen LogP contribution >= 0.6 is 0 Å². The Hall–Kier alpha value is -1.55. The third-order valence-corrected chi connectivity index (χ3v) is 3.69. The monoisotopic (exact) mass is 292 g/mol. The maximum absolute atomic E-state index is 12.2. The normalized spacial score (nSPS) is 13.6. The number of nitrogens with zero attached hydrogens (tertiary/aromatic N) is 1. The van der Waals surface area contributed by atoms with E-state index in [1.165, 1.54) is 5.56 Å². The molecular formula is C17H28N2O2. The van der Waals surface area contributed by atoms with E-state index in [9.17, 15) is 4.79 Å². The highest BCUT2D eigenvalue weighted by Crippen LogP contribution is 2.15. The first kappa shape index (κ1) is 17.5. The fourth-order valence-corrected chi connectivity index (χ4v) is 2.21. The molecule has 0 aromatic heterocycles. The molecule has 118 valence electrons. The minimum Gasteiger partial charge on any atom is -0.481 e. The number of rotatable bonds is 8. The third-order valence-electron chi connectivity index (χ3n) is 3.69.